The molecule has 0 aliphatic heterocycles. The van der Waals surface area contributed by atoms with Crippen molar-refractivity contribution < 1.29 is 13.6 Å². The highest BCUT2D eigenvalue weighted by Gasteiger charge is 2.16. The van der Waals surface area contributed by atoms with Gasteiger partial charge in [-0.25, -0.2) is 13.8 Å². The summed E-state index contributed by atoms with van der Waals surface area (Å²) in [5.74, 6) is -1.75. The molecule has 2 aromatic carbocycles. The average Bonchev–Trinajstić information content (AvgIpc) is 2.54. The molecule has 0 radical (unpaired) electrons. The summed E-state index contributed by atoms with van der Waals surface area (Å²) < 4.78 is 26.7. The highest BCUT2D eigenvalue weighted by atomic mass is 19.1. The van der Waals surface area contributed by atoms with E-state index in [0.29, 0.717) is 5.52 Å². The highest BCUT2D eigenvalue weighted by molar-refractivity contribution is 5.95. The van der Waals surface area contributed by atoms with Crippen LogP contribution in [0.3, 0.4) is 0 Å². The first-order valence-electron chi connectivity index (χ1n) is 7.16. The molecule has 116 valence electrons. The Morgan fingerprint density at radius 2 is 1.87 bits per heavy atom. The Balaban J connectivity index is 1.82. The number of nitrogens with one attached hydrogen (secondary N) is 1. The molecule has 0 bridgehead atoms. The van der Waals surface area contributed by atoms with E-state index in [1.54, 1.807) is 19.1 Å². The summed E-state index contributed by atoms with van der Waals surface area (Å²) in [6, 6.07) is 13.6. The molecule has 5 heteroatoms. The molecule has 0 fully saturated rings. The van der Waals surface area contributed by atoms with Crippen molar-refractivity contribution in [2.24, 2.45) is 0 Å². The van der Waals surface area contributed by atoms with Gasteiger partial charge in [0.1, 0.15) is 17.3 Å². The first kappa shape index (κ1) is 15.1. The van der Waals surface area contributed by atoms with Gasteiger partial charge in [-0.1, -0.05) is 30.3 Å². The fraction of sp³-hybridized carbons (Fsp3) is 0.111. The van der Waals surface area contributed by atoms with Gasteiger partial charge in [0.25, 0.3) is 5.91 Å². The minimum Gasteiger partial charge on any atom is -0.344 e. The van der Waals surface area contributed by atoms with Gasteiger partial charge >= 0.3 is 0 Å². The molecule has 1 aromatic heterocycles. The van der Waals surface area contributed by atoms with Crippen molar-refractivity contribution in [2.75, 3.05) is 0 Å². The zero-order chi connectivity index (χ0) is 16.4. The predicted molar refractivity (Wildman–Crippen MR) is 84.0 cm³/mol. The SMILES string of the molecule is C[C@H](NC(=O)c1ccc2ccccc2n1)c1ccc(F)cc1F. The molecule has 0 aliphatic rings. The number of hydrogen-bond donors (Lipinski definition) is 1. The van der Waals surface area contributed by atoms with Crippen LogP contribution in [0.15, 0.2) is 54.6 Å². The number of nitrogens with zero attached hydrogens (tertiary/aromatic N) is 1. The van der Waals surface area contributed by atoms with Crippen LogP contribution in [-0.2, 0) is 0 Å². The fourth-order valence-corrected chi connectivity index (χ4v) is 2.39. The lowest BCUT2D eigenvalue weighted by molar-refractivity contribution is 0.0934. The van der Waals surface area contributed by atoms with Gasteiger partial charge in [0.15, 0.2) is 0 Å². The summed E-state index contributed by atoms with van der Waals surface area (Å²) in [7, 11) is 0. The van der Waals surface area contributed by atoms with E-state index >= 15 is 0 Å². The minimum absolute atomic E-state index is 0.223. The van der Waals surface area contributed by atoms with Crippen LogP contribution in [-0.4, -0.2) is 10.9 Å². The van der Waals surface area contributed by atoms with Gasteiger partial charge in [-0.3, -0.25) is 4.79 Å². The number of carbonyl (C=O) groups excluding carboxylic acids is 1. The number of rotatable bonds is 3. The zero-order valence-electron chi connectivity index (χ0n) is 12.4. The smallest absolute Gasteiger partial charge is 0.270 e. The van der Waals surface area contributed by atoms with Gasteiger partial charge in [0, 0.05) is 17.0 Å². The van der Waals surface area contributed by atoms with E-state index in [2.05, 4.69) is 10.3 Å². The van der Waals surface area contributed by atoms with E-state index in [0.717, 1.165) is 17.5 Å². The first-order chi connectivity index (χ1) is 11.0. The van der Waals surface area contributed by atoms with Gasteiger partial charge in [-0.15, -0.1) is 0 Å². The average molecular weight is 312 g/mol. The second-order valence-electron chi connectivity index (χ2n) is 5.25. The monoisotopic (exact) mass is 312 g/mol. The maximum atomic E-state index is 13.8. The number of amides is 1. The number of benzene rings is 2. The van der Waals surface area contributed by atoms with Gasteiger partial charge in [-0.05, 0) is 25.1 Å². The van der Waals surface area contributed by atoms with E-state index in [1.807, 2.05) is 24.3 Å². The van der Waals surface area contributed by atoms with Crippen LogP contribution < -0.4 is 5.32 Å². The van der Waals surface area contributed by atoms with Gasteiger partial charge in [0.05, 0.1) is 11.6 Å². The lowest BCUT2D eigenvalue weighted by atomic mass is 10.1. The number of fused-ring (bicyclic) bond motifs is 1. The van der Waals surface area contributed by atoms with Crippen LogP contribution >= 0.6 is 0 Å². The van der Waals surface area contributed by atoms with Crippen molar-refractivity contribution >= 4 is 16.8 Å². The van der Waals surface area contributed by atoms with Crippen molar-refractivity contribution in [2.45, 2.75) is 13.0 Å². The highest BCUT2D eigenvalue weighted by Crippen LogP contribution is 2.18. The van der Waals surface area contributed by atoms with E-state index in [4.69, 9.17) is 0 Å². The number of carbonyl (C=O) groups is 1. The molecule has 1 N–H and O–H groups in total. The number of aromatic nitrogens is 1. The number of para-hydroxylation sites is 1. The number of pyridine rings is 1. The molecule has 0 spiro atoms. The predicted octanol–water partition coefficient (Wildman–Crippen LogP) is 4.00. The van der Waals surface area contributed by atoms with Gasteiger partial charge < -0.3 is 5.32 Å². The summed E-state index contributed by atoms with van der Waals surface area (Å²) in [6.07, 6.45) is 0. The van der Waals surface area contributed by atoms with Crippen molar-refractivity contribution in [3.8, 4) is 0 Å². The van der Waals surface area contributed by atoms with E-state index in [9.17, 15) is 13.6 Å². The van der Waals surface area contributed by atoms with E-state index in [1.165, 1.54) is 6.07 Å². The van der Waals surface area contributed by atoms with Crippen molar-refractivity contribution in [3.05, 3.63) is 77.5 Å². The Morgan fingerprint density at radius 3 is 2.65 bits per heavy atom. The van der Waals surface area contributed by atoms with E-state index < -0.39 is 23.6 Å². The third-order valence-electron chi connectivity index (χ3n) is 3.61. The largest absolute Gasteiger partial charge is 0.344 e. The molecule has 3 nitrogen and oxygen atoms in total. The van der Waals surface area contributed by atoms with Crippen LogP contribution in [0.4, 0.5) is 8.78 Å². The molecule has 1 atom stereocenters. The zero-order valence-corrected chi connectivity index (χ0v) is 12.4. The Morgan fingerprint density at radius 1 is 1.09 bits per heavy atom. The molecular weight excluding hydrogens is 298 g/mol. The van der Waals surface area contributed by atoms with Crippen LogP contribution in [0.25, 0.3) is 10.9 Å². The molecule has 0 saturated heterocycles. The molecule has 3 aromatic rings. The molecule has 3 rings (SSSR count). The second-order valence-corrected chi connectivity index (χ2v) is 5.25. The van der Waals surface area contributed by atoms with Crippen LogP contribution in [0, 0.1) is 11.6 Å². The molecule has 0 saturated carbocycles. The maximum absolute atomic E-state index is 13.8. The van der Waals surface area contributed by atoms with Crippen molar-refractivity contribution in [1.29, 1.82) is 0 Å². The maximum Gasteiger partial charge on any atom is 0.270 e. The quantitative estimate of drug-likeness (QED) is 0.794. The molecule has 0 aliphatic carbocycles. The second kappa shape index (κ2) is 6.12. The van der Waals surface area contributed by atoms with Crippen LogP contribution in [0.5, 0.6) is 0 Å². The summed E-state index contributed by atoms with van der Waals surface area (Å²) in [4.78, 5) is 16.6. The standard InChI is InChI=1S/C18H14F2N2O/c1-11(14-8-7-13(19)10-15(14)20)21-18(23)17-9-6-12-4-2-3-5-16(12)22-17/h2-11H,1H3,(H,21,23)/t11-/m0/s1. The molecule has 1 heterocycles. The summed E-state index contributed by atoms with van der Waals surface area (Å²) >= 11 is 0. The lowest BCUT2D eigenvalue weighted by Gasteiger charge is -2.15. The lowest BCUT2D eigenvalue weighted by Crippen LogP contribution is -2.28. The Hall–Kier alpha value is -2.82. The molecular formula is C18H14F2N2O. The van der Waals surface area contributed by atoms with Gasteiger partial charge in [-0.2, -0.15) is 0 Å². The molecule has 23 heavy (non-hydrogen) atoms. The number of hydrogen-bond acceptors (Lipinski definition) is 2. The van der Waals surface area contributed by atoms with Crippen molar-refractivity contribution in [3.63, 3.8) is 0 Å². The Bertz CT molecular complexity index is 880. The number of halogens is 2. The Kier molecular flexibility index (Phi) is 4.02. The third kappa shape index (κ3) is 3.18. The molecule has 1 amide bonds. The van der Waals surface area contributed by atoms with E-state index in [-0.39, 0.29) is 11.3 Å². The normalized spacial score (nSPS) is 12.1. The Labute approximate surface area is 132 Å². The van der Waals surface area contributed by atoms with Crippen LogP contribution in [0.1, 0.15) is 29.0 Å². The topological polar surface area (TPSA) is 42.0 Å². The van der Waals surface area contributed by atoms with Gasteiger partial charge in [0.2, 0.25) is 0 Å². The first-order valence-corrected chi connectivity index (χ1v) is 7.16. The van der Waals surface area contributed by atoms with Crippen molar-refractivity contribution in [1.82, 2.24) is 10.3 Å². The third-order valence-corrected chi connectivity index (χ3v) is 3.61. The summed E-state index contributed by atoms with van der Waals surface area (Å²) in [5, 5.41) is 3.61. The summed E-state index contributed by atoms with van der Waals surface area (Å²) in [5.41, 5.74) is 1.18. The summed E-state index contributed by atoms with van der Waals surface area (Å²) in [6.45, 7) is 1.63. The fourth-order valence-electron chi connectivity index (χ4n) is 2.39. The minimum atomic E-state index is -0.690. The molecule has 0 unspecified atom stereocenters. The van der Waals surface area contributed by atoms with Crippen LogP contribution in [0.2, 0.25) is 0 Å².